The van der Waals surface area contributed by atoms with Crippen molar-refractivity contribution in [1.29, 1.82) is 0 Å². The smallest absolute Gasteiger partial charge is 0.200 e. The van der Waals surface area contributed by atoms with E-state index >= 15 is 0 Å². The molecule has 4 rings (SSSR count). The van der Waals surface area contributed by atoms with Crippen LogP contribution in [0.4, 0.5) is 0 Å². The minimum atomic E-state index is -3.54. The summed E-state index contributed by atoms with van der Waals surface area (Å²) in [6.45, 7) is 1.94. The summed E-state index contributed by atoms with van der Waals surface area (Å²) in [5.74, 6) is 2.72. The molecule has 3 fully saturated rings. The summed E-state index contributed by atoms with van der Waals surface area (Å²) in [4.78, 5) is 2.75. The van der Waals surface area contributed by atoms with Crippen molar-refractivity contribution >= 4 is 15.7 Å². The van der Waals surface area contributed by atoms with E-state index in [0.29, 0.717) is 11.8 Å². The SMILES string of the molecule is Cc1ccc(S(=O)(=O)N/N=C2/C3CC4CCC2C4C3)cc1. The van der Waals surface area contributed by atoms with Gasteiger partial charge < -0.3 is 0 Å². The topological polar surface area (TPSA) is 58.5 Å². The Morgan fingerprint density at radius 2 is 1.90 bits per heavy atom. The second-order valence-corrected chi connectivity index (χ2v) is 8.38. The van der Waals surface area contributed by atoms with Gasteiger partial charge in [-0.1, -0.05) is 17.7 Å². The lowest BCUT2D eigenvalue weighted by molar-refractivity contribution is 0.417. The summed E-state index contributed by atoms with van der Waals surface area (Å²) in [5, 5.41) is 4.33. The maximum absolute atomic E-state index is 12.3. The summed E-state index contributed by atoms with van der Waals surface area (Å²) in [6.07, 6.45) is 4.93. The minimum absolute atomic E-state index is 0.282. The second-order valence-electron chi connectivity index (χ2n) is 6.72. The van der Waals surface area contributed by atoms with Crippen LogP contribution in [0.25, 0.3) is 0 Å². The van der Waals surface area contributed by atoms with Gasteiger partial charge in [-0.2, -0.15) is 13.5 Å². The van der Waals surface area contributed by atoms with Crippen LogP contribution < -0.4 is 4.83 Å². The van der Waals surface area contributed by atoms with Crippen molar-refractivity contribution in [1.82, 2.24) is 4.83 Å². The van der Waals surface area contributed by atoms with Gasteiger partial charge in [0.15, 0.2) is 0 Å². The third-order valence-electron chi connectivity index (χ3n) is 5.54. The zero-order valence-electron chi connectivity index (χ0n) is 12.1. The van der Waals surface area contributed by atoms with Gasteiger partial charge >= 0.3 is 0 Å². The van der Waals surface area contributed by atoms with Crippen LogP contribution in [0.15, 0.2) is 34.3 Å². The number of aryl methyl sites for hydroxylation is 1. The van der Waals surface area contributed by atoms with Crippen LogP contribution in [-0.4, -0.2) is 14.1 Å². The number of hydrogen-bond acceptors (Lipinski definition) is 3. The van der Waals surface area contributed by atoms with Crippen LogP contribution in [0.1, 0.15) is 31.2 Å². The summed E-state index contributed by atoms with van der Waals surface area (Å²) < 4.78 is 24.6. The van der Waals surface area contributed by atoms with Crippen LogP contribution in [0.5, 0.6) is 0 Å². The summed E-state index contributed by atoms with van der Waals surface area (Å²) in [5.41, 5.74) is 2.16. The van der Waals surface area contributed by atoms with Gasteiger partial charge in [0.1, 0.15) is 0 Å². The fourth-order valence-corrected chi connectivity index (χ4v) is 5.38. The number of fused-ring (bicyclic) bond motifs is 1. The predicted molar refractivity (Wildman–Crippen MR) is 81.4 cm³/mol. The van der Waals surface area contributed by atoms with Gasteiger partial charge in [-0.3, -0.25) is 0 Å². The van der Waals surface area contributed by atoms with E-state index in [-0.39, 0.29) is 4.90 Å². The minimum Gasteiger partial charge on any atom is -0.200 e. The molecular weight excluding hydrogens is 284 g/mol. The van der Waals surface area contributed by atoms with Gasteiger partial charge in [-0.25, -0.2) is 4.83 Å². The average Bonchev–Trinajstić information content (AvgIpc) is 3.06. The van der Waals surface area contributed by atoms with Gasteiger partial charge in [-0.15, -0.1) is 0 Å². The molecule has 21 heavy (non-hydrogen) atoms. The van der Waals surface area contributed by atoms with Crippen LogP contribution in [-0.2, 0) is 10.0 Å². The molecule has 3 aliphatic rings. The lowest BCUT2D eigenvalue weighted by Gasteiger charge is -2.20. The van der Waals surface area contributed by atoms with Crippen LogP contribution in [0.3, 0.4) is 0 Å². The molecule has 0 amide bonds. The van der Waals surface area contributed by atoms with Crippen molar-refractivity contribution in [2.75, 3.05) is 0 Å². The van der Waals surface area contributed by atoms with Crippen molar-refractivity contribution in [3.63, 3.8) is 0 Å². The molecule has 2 bridgehead atoms. The Kier molecular flexibility index (Phi) is 2.89. The largest absolute Gasteiger partial charge is 0.276 e. The molecule has 3 saturated carbocycles. The highest BCUT2D eigenvalue weighted by molar-refractivity contribution is 7.89. The quantitative estimate of drug-likeness (QED) is 0.873. The molecule has 5 heteroatoms. The van der Waals surface area contributed by atoms with E-state index < -0.39 is 10.0 Å². The molecule has 4 atom stereocenters. The highest BCUT2D eigenvalue weighted by Crippen LogP contribution is 2.58. The first-order valence-electron chi connectivity index (χ1n) is 7.70. The third kappa shape index (κ3) is 2.09. The molecule has 0 saturated heterocycles. The molecular formula is C16H20N2O2S. The van der Waals surface area contributed by atoms with Crippen molar-refractivity contribution in [2.24, 2.45) is 28.8 Å². The Labute approximate surface area is 125 Å². The van der Waals surface area contributed by atoms with Crippen molar-refractivity contribution in [2.45, 2.75) is 37.5 Å². The van der Waals surface area contributed by atoms with Crippen molar-refractivity contribution in [3.05, 3.63) is 29.8 Å². The van der Waals surface area contributed by atoms with Crippen molar-refractivity contribution < 1.29 is 8.42 Å². The van der Waals surface area contributed by atoms with E-state index in [9.17, 15) is 8.42 Å². The summed E-state index contributed by atoms with van der Waals surface area (Å²) in [6, 6.07) is 6.87. The first kappa shape index (κ1) is 13.3. The number of benzene rings is 1. The fourth-order valence-electron chi connectivity index (χ4n) is 4.56. The number of sulfonamides is 1. The maximum Gasteiger partial charge on any atom is 0.276 e. The normalized spacial score (nSPS) is 35.6. The number of nitrogens with one attached hydrogen (secondary N) is 1. The number of rotatable bonds is 3. The van der Waals surface area contributed by atoms with E-state index in [2.05, 4.69) is 9.93 Å². The van der Waals surface area contributed by atoms with E-state index in [1.807, 2.05) is 6.92 Å². The first-order chi connectivity index (χ1) is 10.0. The second kappa shape index (κ2) is 4.57. The Morgan fingerprint density at radius 3 is 2.67 bits per heavy atom. The molecule has 0 aromatic heterocycles. The third-order valence-corrected chi connectivity index (χ3v) is 6.76. The highest BCUT2D eigenvalue weighted by atomic mass is 32.2. The van der Waals surface area contributed by atoms with Gasteiger partial charge in [-0.05, 0) is 62.5 Å². The Bertz CT molecular complexity index is 691. The van der Waals surface area contributed by atoms with Crippen LogP contribution in [0.2, 0.25) is 0 Å². The lowest BCUT2D eigenvalue weighted by atomic mass is 9.87. The molecule has 4 nitrogen and oxygen atoms in total. The monoisotopic (exact) mass is 304 g/mol. The molecule has 1 aromatic rings. The van der Waals surface area contributed by atoms with Gasteiger partial charge in [0, 0.05) is 11.6 Å². The van der Waals surface area contributed by atoms with Gasteiger partial charge in [0.25, 0.3) is 10.0 Å². The Morgan fingerprint density at radius 1 is 1.14 bits per heavy atom. The van der Waals surface area contributed by atoms with Crippen LogP contribution in [0, 0.1) is 30.6 Å². The molecule has 4 unspecified atom stereocenters. The fraction of sp³-hybridized carbons (Fsp3) is 0.562. The number of hydrazone groups is 1. The molecule has 1 aromatic carbocycles. The molecule has 0 radical (unpaired) electrons. The van der Waals surface area contributed by atoms with E-state index in [1.165, 1.54) is 25.7 Å². The Hall–Kier alpha value is -1.36. The molecule has 3 aliphatic carbocycles. The molecule has 112 valence electrons. The lowest BCUT2D eigenvalue weighted by Crippen LogP contribution is -2.26. The van der Waals surface area contributed by atoms with Gasteiger partial charge in [0.2, 0.25) is 0 Å². The molecule has 0 spiro atoms. The average molecular weight is 304 g/mol. The summed E-state index contributed by atoms with van der Waals surface area (Å²) >= 11 is 0. The van der Waals surface area contributed by atoms with Gasteiger partial charge in [0.05, 0.1) is 4.90 Å². The predicted octanol–water partition coefficient (Wildman–Crippen LogP) is 2.70. The standard InChI is InChI=1S/C16H20N2O2S/c1-10-2-5-13(6-3-10)21(19,20)18-17-16-12-8-11-4-7-14(16)15(11)9-12/h2-3,5-6,11-12,14-15,18H,4,7-9H2,1H3/b17-16-. The summed E-state index contributed by atoms with van der Waals surface area (Å²) in [7, 11) is -3.54. The number of hydrogen-bond donors (Lipinski definition) is 1. The van der Waals surface area contributed by atoms with E-state index in [4.69, 9.17) is 0 Å². The Balaban J connectivity index is 1.56. The van der Waals surface area contributed by atoms with E-state index in [0.717, 1.165) is 23.1 Å². The zero-order valence-corrected chi connectivity index (χ0v) is 12.9. The number of nitrogens with zero attached hydrogens (tertiary/aromatic N) is 1. The maximum atomic E-state index is 12.3. The first-order valence-corrected chi connectivity index (χ1v) is 9.19. The molecule has 0 heterocycles. The van der Waals surface area contributed by atoms with E-state index in [1.54, 1.807) is 24.3 Å². The molecule has 1 N–H and O–H groups in total. The van der Waals surface area contributed by atoms with Crippen molar-refractivity contribution in [3.8, 4) is 0 Å². The van der Waals surface area contributed by atoms with Crippen LogP contribution >= 0.6 is 0 Å². The highest BCUT2D eigenvalue weighted by Gasteiger charge is 2.54. The molecule has 0 aliphatic heterocycles. The zero-order chi connectivity index (χ0) is 14.6.